The van der Waals surface area contributed by atoms with Crippen LogP contribution in [0, 0.1) is 12.8 Å². The molecule has 1 aromatic carbocycles. The summed E-state index contributed by atoms with van der Waals surface area (Å²) >= 11 is 0. The van der Waals surface area contributed by atoms with Crippen molar-refractivity contribution >= 4 is 11.6 Å². The van der Waals surface area contributed by atoms with Gasteiger partial charge in [-0.1, -0.05) is 19.9 Å². The van der Waals surface area contributed by atoms with Crippen molar-refractivity contribution in [3.05, 3.63) is 29.3 Å². The Kier molecular flexibility index (Phi) is 4.76. The van der Waals surface area contributed by atoms with Gasteiger partial charge in [-0.05, 0) is 43.9 Å². The number of hydrogen-bond acceptors (Lipinski definition) is 2. The molecule has 0 radical (unpaired) electrons. The highest BCUT2D eigenvalue weighted by atomic mass is 16.2. The van der Waals surface area contributed by atoms with Crippen LogP contribution >= 0.6 is 0 Å². The highest BCUT2D eigenvalue weighted by Crippen LogP contribution is 2.18. The molecule has 1 amide bonds. The maximum Gasteiger partial charge on any atom is 0.255 e. The van der Waals surface area contributed by atoms with Crippen LogP contribution in [0.5, 0.6) is 0 Å². The fourth-order valence-electron chi connectivity index (χ4n) is 2.11. The van der Waals surface area contributed by atoms with Gasteiger partial charge in [-0.3, -0.25) is 4.79 Å². The standard InChI is InChI=1S/C15H24N2O/c1-10(2)8-12(4)17(5)15(18)13-7-6-11(3)9-14(13)16/h6-7,9-10,12H,8,16H2,1-5H3. The van der Waals surface area contributed by atoms with Gasteiger partial charge in [0.05, 0.1) is 5.56 Å². The maximum absolute atomic E-state index is 12.3. The molecular formula is C15H24N2O. The maximum atomic E-state index is 12.3. The summed E-state index contributed by atoms with van der Waals surface area (Å²) in [6, 6.07) is 5.79. The van der Waals surface area contributed by atoms with Gasteiger partial charge in [-0.2, -0.15) is 0 Å². The molecule has 0 aliphatic rings. The average Bonchev–Trinajstić information content (AvgIpc) is 2.26. The van der Waals surface area contributed by atoms with Crippen molar-refractivity contribution in [2.45, 2.75) is 40.2 Å². The Labute approximate surface area is 110 Å². The summed E-state index contributed by atoms with van der Waals surface area (Å²) in [5, 5.41) is 0. The van der Waals surface area contributed by atoms with Crippen molar-refractivity contribution in [2.24, 2.45) is 5.92 Å². The van der Waals surface area contributed by atoms with Crippen molar-refractivity contribution < 1.29 is 4.79 Å². The van der Waals surface area contributed by atoms with E-state index in [1.807, 2.05) is 32.2 Å². The molecule has 2 N–H and O–H groups in total. The summed E-state index contributed by atoms with van der Waals surface area (Å²) in [6.45, 7) is 8.36. The highest BCUT2D eigenvalue weighted by molar-refractivity contribution is 5.99. The topological polar surface area (TPSA) is 46.3 Å². The van der Waals surface area contributed by atoms with E-state index in [1.165, 1.54) is 0 Å². The summed E-state index contributed by atoms with van der Waals surface area (Å²) in [4.78, 5) is 14.1. The molecule has 1 rings (SSSR count). The first-order valence-corrected chi connectivity index (χ1v) is 6.46. The van der Waals surface area contributed by atoms with Gasteiger partial charge in [0.25, 0.3) is 5.91 Å². The zero-order chi connectivity index (χ0) is 13.9. The molecule has 3 heteroatoms. The second kappa shape index (κ2) is 5.89. The predicted octanol–water partition coefficient (Wildman–Crippen LogP) is 3.08. The quantitative estimate of drug-likeness (QED) is 0.832. The van der Waals surface area contributed by atoms with E-state index >= 15 is 0 Å². The van der Waals surface area contributed by atoms with E-state index in [0.29, 0.717) is 17.2 Å². The van der Waals surface area contributed by atoms with E-state index in [1.54, 1.807) is 4.90 Å². The Morgan fingerprint density at radius 2 is 1.94 bits per heavy atom. The molecule has 0 fully saturated rings. The third kappa shape index (κ3) is 3.49. The average molecular weight is 248 g/mol. The monoisotopic (exact) mass is 248 g/mol. The van der Waals surface area contributed by atoms with Gasteiger partial charge in [0, 0.05) is 18.8 Å². The molecule has 0 saturated carbocycles. The smallest absolute Gasteiger partial charge is 0.255 e. The fraction of sp³-hybridized carbons (Fsp3) is 0.533. The molecule has 1 aromatic rings. The second-order valence-electron chi connectivity index (χ2n) is 5.49. The highest BCUT2D eigenvalue weighted by Gasteiger charge is 2.19. The Hall–Kier alpha value is -1.51. The van der Waals surface area contributed by atoms with Crippen LogP contribution < -0.4 is 5.73 Å². The van der Waals surface area contributed by atoms with Crippen LogP contribution in [0.4, 0.5) is 5.69 Å². The van der Waals surface area contributed by atoms with Crippen LogP contribution in [0.25, 0.3) is 0 Å². The van der Waals surface area contributed by atoms with E-state index in [0.717, 1.165) is 12.0 Å². The minimum Gasteiger partial charge on any atom is -0.398 e. The van der Waals surface area contributed by atoms with Gasteiger partial charge in [0.15, 0.2) is 0 Å². The number of amides is 1. The normalized spacial score (nSPS) is 12.6. The zero-order valence-electron chi connectivity index (χ0n) is 12.0. The molecule has 0 aromatic heterocycles. The minimum absolute atomic E-state index is 0.000602. The Morgan fingerprint density at radius 1 is 1.33 bits per heavy atom. The lowest BCUT2D eigenvalue weighted by Gasteiger charge is -2.27. The van der Waals surface area contributed by atoms with Crippen molar-refractivity contribution in [2.75, 3.05) is 12.8 Å². The van der Waals surface area contributed by atoms with E-state index in [2.05, 4.69) is 20.8 Å². The number of carbonyl (C=O) groups is 1. The molecule has 1 unspecified atom stereocenters. The molecule has 0 bridgehead atoms. The summed E-state index contributed by atoms with van der Waals surface area (Å²) in [6.07, 6.45) is 0.994. The molecule has 100 valence electrons. The largest absolute Gasteiger partial charge is 0.398 e. The molecule has 0 spiro atoms. The van der Waals surface area contributed by atoms with Crippen LogP contribution in [-0.4, -0.2) is 23.9 Å². The van der Waals surface area contributed by atoms with E-state index in [4.69, 9.17) is 5.73 Å². The van der Waals surface area contributed by atoms with Gasteiger partial charge in [-0.15, -0.1) is 0 Å². The van der Waals surface area contributed by atoms with Crippen molar-refractivity contribution in [3.8, 4) is 0 Å². The van der Waals surface area contributed by atoms with Gasteiger partial charge in [0.1, 0.15) is 0 Å². The molecule has 3 nitrogen and oxygen atoms in total. The Bertz CT molecular complexity index is 427. The third-order valence-corrected chi connectivity index (χ3v) is 3.23. The second-order valence-corrected chi connectivity index (χ2v) is 5.49. The summed E-state index contributed by atoms with van der Waals surface area (Å²) in [5.74, 6) is 0.575. The van der Waals surface area contributed by atoms with Crippen LogP contribution in [0.3, 0.4) is 0 Å². The number of anilines is 1. The number of aryl methyl sites for hydroxylation is 1. The summed E-state index contributed by atoms with van der Waals surface area (Å²) < 4.78 is 0. The first kappa shape index (κ1) is 14.6. The lowest BCUT2D eigenvalue weighted by molar-refractivity contribution is 0.0729. The molecule has 0 saturated heterocycles. The molecule has 0 aliphatic heterocycles. The predicted molar refractivity (Wildman–Crippen MR) is 76.6 cm³/mol. The van der Waals surface area contributed by atoms with E-state index in [9.17, 15) is 4.79 Å². The Balaban J connectivity index is 2.86. The zero-order valence-corrected chi connectivity index (χ0v) is 12.0. The van der Waals surface area contributed by atoms with E-state index < -0.39 is 0 Å². The summed E-state index contributed by atoms with van der Waals surface area (Å²) in [5.41, 5.74) is 8.14. The van der Waals surface area contributed by atoms with Gasteiger partial charge >= 0.3 is 0 Å². The first-order valence-electron chi connectivity index (χ1n) is 6.46. The first-order chi connectivity index (χ1) is 8.32. The Morgan fingerprint density at radius 3 is 2.44 bits per heavy atom. The SMILES string of the molecule is Cc1ccc(C(=O)N(C)C(C)CC(C)C)c(N)c1. The number of nitrogen functional groups attached to an aromatic ring is 1. The lowest BCUT2D eigenvalue weighted by Crippen LogP contribution is -2.36. The molecule has 0 aliphatic carbocycles. The lowest BCUT2D eigenvalue weighted by atomic mass is 10.0. The number of nitrogens with two attached hydrogens (primary N) is 1. The molecule has 18 heavy (non-hydrogen) atoms. The minimum atomic E-state index is 0.000602. The van der Waals surface area contributed by atoms with Crippen molar-refractivity contribution in [1.29, 1.82) is 0 Å². The van der Waals surface area contributed by atoms with Crippen molar-refractivity contribution in [3.63, 3.8) is 0 Å². The molecule has 0 heterocycles. The molecule has 1 atom stereocenters. The summed E-state index contributed by atoms with van der Waals surface area (Å²) in [7, 11) is 1.84. The number of hydrogen-bond donors (Lipinski definition) is 1. The van der Waals surface area contributed by atoms with Crippen LogP contribution in [0.15, 0.2) is 18.2 Å². The van der Waals surface area contributed by atoms with Gasteiger partial charge in [-0.25, -0.2) is 0 Å². The third-order valence-electron chi connectivity index (χ3n) is 3.23. The number of rotatable bonds is 4. The van der Waals surface area contributed by atoms with Crippen LogP contribution in [0.2, 0.25) is 0 Å². The van der Waals surface area contributed by atoms with Crippen LogP contribution in [-0.2, 0) is 0 Å². The van der Waals surface area contributed by atoms with E-state index in [-0.39, 0.29) is 11.9 Å². The van der Waals surface area contributed by atoms with Crippen LogP contribution in [0.1, 0.15) is 43.1 Å². The van der Waals surface area contributed by atoms with Gasteiger partial charge in [0.2, 0.25) is 0 Å². The van der Waals surface area contributed by atoms with Crippen molar-refractivity contribution in [1.82, 2.24) is 4.90 Å². The van der Waals surface area contributed by atoms with Gasteiger partial charge < -0.3 is 10.6 Å². The number of benzene rings is 1. The number of carbonyl (C=O) groups excluding carboxylic acids is 1. The molecular weight excluding hydrogens is 224 g/mol. The number of nitrogens with zero attached hydrogens (tertiary/aromatic N) is 1. The fourth-order valence-corrected chi connectivity index (χ4v) is 2.11.